The van der Waals surface area contributed by atoms with E-state index in [1.54, 1.807) is 6.08 Å². The Bertz CT molecular complexity index is 447. The molecule has 0 fully saturated rings. The third kappa shape index (κ3) is 13.2. The molecule has 0 aliphatic rings. The number of carbonyl (C=O) groups is 4. The van der Waals surface area contributed by atoms with Gasteiger partial charge in [0, 0.05) is 13.0 Å². The number of carbonyl (C=O) groups excluding carboxylic acids is 4. The number of ketones is 1. The zero-order valence-corrected chi connectivity index (χ0v) is 14.9. The number of rotatable bonds is 11. The van der Waals surface area contributed by atoms with Gasteiger partial charge >= 0.3 is 0 Å². The van der Waals surface area contributed by atoms with Crippen LogP contribution in [0, 0.1) is 0 Å². The average molecular weight is 339 g/mol. The van der Waals surface area contributed by atoms with E-state index in [1.807, 2.05) is 13.8 Å². The van der Waals surface area contributed by atoms with Crippen LogP contribution in [0.3, 0.4) is 0 Å². The molecule has 0 aliphatic carbocycles. The number of Topliss-reactive ketones (excluding diaryl/α,β-unsaturated/α-hetero) is 1. The lowest BCUT2D eigenvalue weighted by atomic mass is 10.3. The summed E-state index contributed by atoms with van der Waals surface area (Å²) < 4.78 is 0. The highest BCUT2D eigenvalue weighted by molar-refractivity contribution is 5.90. The number of nitrogens with zero attached hydrogens (tertiary/aromatic N) is 1. The minimum absolute atomic E-state index is 0.0288. The minimum Gasteiger partial charge on any atom is -0.347 e. The van der Waals surface area contributed by atoms with Crippen LogP contribution in [0.2, 0.25) is 0 Å². The van der Waals surface area contributed by atoms with Gasteiger partial charge < -0.3 is 15.5 Å². The van der Waals surface area contributed by atoms with Gasteiger partial charge in [-0.2, -0.15) is 0 Å². The second-order valence-electron chi connectivity index (χ2n) is 4.65. The van der Waals surface area contributed by atoms with Gasteiger partial charge in [0.1, 0.15) is 5.78 Å². The van der Waals surface area contributed by atoms with E-state index in [0.29, 0.717) is 6.42 Å². The van der Waals surface area contributed by atoms with E-state index in [0.717, 1.165) is 0 Å². The number of nitrogens with one attached hydrogen (secondary N) is 2. The summed E-state index contributed by atoms with van der Waals surface area (Å²) in [5.41, 5.74) is 0. The van der Waals surface area contributed by atoms with Crippen LogP contribution < -0.4 is 10.6 Å². The summed E-state index contributed by atoms with van der Waals surface area (Å²) in [6.45, 7) is 12.2. The van der Waals surface area contributed by atoms with Crippen molar-refractivity contribution in [2.75, 3.05) is 26.2 Å². The maximum atomic E-state index is 11.9. The maximum Gasteiger partial charge on any atom is 0.242 e. The van der Waals surface area contributed by atoms with Gasteiger partial charge in [-0.05, 0) is 13.3 Å². The van der Waals surface area contributed by atoms with Gasteiger partial charge in [0.05, 0.1) is 19.6 Å². The molecule has 0 bridgehead atoms. The summed E-state index contributed by atoms with van der Waals surface area (Å²) in [5.74, 6) is -1.27. The molecule has 0 aromatic heterocycles. The Morgan fingerprint density at radius 1 is 0.958 bits per heavy atom. The van der Waals surface area contributed by atoms with Crippen LogP contribution in [0.4, 0.5) is 0 Å². The molecule has 0 saturated carbocycles. The van der Waals surface area contributed by atoms with E-state index >= 15 is 0 Å². The van der Waals surface area contributed by atoms with Gasteiger partial charge in [0.15, 0.2) is 0 Å². The van der Waals surface area contributed by atoms with Crippen molar-refractivity contribution in [2.24, 2.45) is 0 Å². The molecule has 0 atom stereocenters. The predicted molar refractivity (Wildman–Crippen MR) is 94.3 cm³/mol. The number of amides is 3. The van der Waals surface area contributed by atoms with Crippen molar-refractivity contribution >= 4 is 23.5 Å². The molecule has 0 heterocycles. The first-order chi connectivity index (χ1) is 11.4. The second-order valence-corrected chi connectivity index (χ2v) is 4.65. The van der Waals surface area contributed by atoms with Crippen molar-refractivity contribution in [3.8, 4) is 0 Å². The highest BCUT2D eigenvalue weighted by atomic mass is 16.2. The van der Waals surface area contributed by atoms with Crippen LogP contribution >= 0.6 is 0 Å². The average Bonchev–Trinajstić information content (AvgIpc) is 2.56. The van der Waals surface area contributed by atoms with Crippen molar-refractivity contribution in [2.45, 2.75) is 33.6 Å². The van der Waals surface area contributed by atoms with Crippen molar-refractivity contribution in [3.05, 3.63) is 25.3 Å². The molecule has 24 heavy (non-hydrogen) atoms. The van der Waals surface area contributed by atoms with Gasteiger partial charge in [-0.3, -0.25) is 19.2 Å². The molecule has 0 unspecified atom stereocenters. The number of hydrogen-bond acceptors (Lipinski definition) is 4. The van der Waals surface area contributed by atoms with Crippen LogP contribution in [-0.2, 0) is 19.2 Å². The summed E-state index contributed by atoms with van der Waals surface area (Å²) >= 11 is 0. The molecule has 0 spiro atoms. The Morgan fingerprint density at radius 3 is 2.04 bits per heavy atom. The van der Waals surface area contributed by atoms with Gasteiger partial charge in [0.2, 0.25) is 17.7 Å². The number of allylic oxidation sites excluding steroid dienone is 1. The van der Waals surface area contributed by atoms with E-state index in [2.05, 4.69) is 23.8 Å². The van der Waals surface area contributed by atoms with Crippen molar-refractivity contribution < 1.29 is 19.2 Å². The molecule has 0 aliphatic heterocycles. The molecule has 2 N–H and O–H groups in total. The molecule has 0 aromatic carbocycles. The lowest BCUT2D eigenvalue weighted by molar-refractivity contribution is -0.135. The molecule has 0 aromatic rings. The summed E-state index contributed by atoms with van der Waals surface area (Å²) in [7, 11) is 0. The lowest BCUT2D eigenvalue weighted by Crippen LogP contribution is -2.44. The zero-order chi connectivity index (χ0) is 19.0. The molecule has 7 nitrogen and oxygen atoms in total. The molecule has 3 amide bonds. The summed E-state index contributed by atoms with van der Waals surface area (Å²) in [6.07, 6.45) is 3.92. The van der Waals surface area contributed by atoms with E-state index < -0.39 is 5.91 Å². The summed E-state index contributed by atoms with van der Waals surface area (Å²) in [6, 6.07) is 0. The Kier molecular flexibility index (Phi) is 15.3. The number of hydrogen-bond donors (Lipinski definition) is 2. The smallest absolute Gasteiger partial charge is 0.242 e. The minimum atomic E-state index is -0.471. The Labute approximate surface area is 144 Å². The molecule has 0 saturated heterocycles. The molecule has 0 rings (SSSR count). The van der Waals surface area contributed by atoms with Gasteiger partial charge in [-0.15, -0.1) is 13.2 Å². The third-order valence-electron chi connectivity index (χ3n) is 2.57. The highest BCUT2D eigenvalue weighted by Gasteiger charge is 2.15. The Morgan fingerprint density at radius 2 is 1.54 bits per heavy atom. The van der Waals surface area contributed by atoms with Gasteiger partial charge in [-0.25, -0.2) is 0 Å². The summed E-state index contributed by atoms with van der Waals surface area (Å²) in [4.78, 5) is 47.0. The first-order valence-electron chi connectivity index (χ1n) is 7.93. The molecule has 136 valence electrons. The first kappa shape index (κ1) is 23.8. The van der Waals surface area contributed by atoms with E-state index in [4.69, 9.17) is 0 Å². The van der Waals surface area contributed by atoms with Gasteiger partial charge in [-0.1, -0.05) is 26.0 Å². The fraction of sp³-hybridized carbons (Fsp3) is 0.529. The largest absolute Gasteiger partial charge is 0.347 e. The topological polar surface area (TPSA) is 95.6 Å². The fourth-order valence-corrected chi connectivity index (χ4v) is 1.53. The Hall–Kier alpha value is -2.44. The molecule has 0 radical (unpaired) electrons. The second kappa shape index (κ2) is 15.5. The lowest BCUT2D eigenvalue weighted by Gasteiger charge is -2.19. The quantitative estimate of drug-likeness (QED) is 0.545. The van der Waals surface area contributed by atoms with Crippen molar-refractivity contribution in [1.29, 1.82) is 0 Å². The predicted octanol–water partition coefficient (Wildman–Crippen LogP) is 0.815. The van der Waals surface area contributed by atoms with Crippen LogP contribution in [0.1, 0.15) is 33.6 Å². The van der Waals surface area contributed by atoms with Crippen LogP contribution in [0.5, 0.6) is 0 Å². The van der Waals surface area contributed by atoms with Crippen molar-refractivity contribution in [3.63, 3.8) is 0 Å². The van der Waals surface area contributed by atoms with Crippen LogP contribution in [0.25, 0.3) is 0 Å². The summed E-state index contributed by atoms with van der Waals surface area (Å²) in [5, 5.41) is 4.83. The monoisotopic (exact) mass is 339 g/mol. The van der Waals surface area contributed by atoms with Crippen LogP contribution in [0.15, 0.2) is 25.3 Å². The highest BCUT2D eigenvalue weighted by Crippen LogP contribution is 1.91. The maximum absolute atomic E-state index is 11.9. The zero-order valence-electron chi connectivity index (χ0n) is 14.9. The standard InChI is InChI=1S/C15H23N3O4.C2H6/c1-4-6-7-13(20)16-9-14(21)17-10-15(22)18(8-5-2)11-12(3)19;1-2/h4-5H,1-2,6-11H2,3H3,(H,16,20)(H,17,21);1-2H3. The Balaban J connectivity index is 0. The van der Waals surface area contributed by atoms with E-state index in [-0.39, 0.29) is 50.2 Å². The van der Waals surface area contributed by atoms with Crippen molar-refractivity contribution in [1.82, 2.24) is 15.5 Å². The fourth-order valence-electron chi connectivity index (χ4n) is 1.53. The van der Waals surface area contributed by atoms with Gasteiger partial charge in [0.25, 0.3) is 0 Å². The molecular formula is C17H29N3O4. The van der Waals surface area contributed by atoms with Crippen LogP contribution in [-0.4, -0.2) is 54.6 Å². The first-order valence-corrected chi connectivity index (χ1v) is 7.93. The van der Waals surface area contributed by atoms with E-state index in [9.17, 15) is 19.2 Å². The molecule has 7 heteroatoms. The third-order valence-corrected chi connectivity index (χ3v) is 2.57. The normalized spacial score (nSPS) is 8.96. The molecular weight excluding hydrogens is 310 g/mol. The SMILES string of the molecule is C=CCCC(=O)NCC(=O)NCC(=O)N(CC=C)CC(C)=O.CC. The van der Waals surface area contributed by atoms with E-state index in [1.165, 1.54) is 17.9 Å².